The van der Waals surface area contributed by atoms with Crippen molar-refractivity contribution in [1.29, 1.82) is 0 Å². The fourth-order valence-electron chi connectivity index (χ4n) is 5.05. The number of benzene rings is 1. The number of hydrogen-bond donors (Lipinski definition) is 1. The highest BCUT2D eigenvalue weighted by molar-refractivity contribution is 6.21. The zero-order valence-electron chi connectivity index (χ0n) is 14.7. The van der Waals surface area contributed by atoms with Gasteiger partial charge in [-0.2, -0.15) is 0 Å². The number of carbonyl (C=O) groups is 1. The number of carbonyl (C=O) groups excluding carboxylic acids is 1. The Balaban J connectivity index is 0.00000182. The zero-order valence-corrected chi connectivity index (χ0v) is 14.7. The number of hydrogen-bond acceptors (Lipinski definition) is 2. The lowest BCUT2D eigenvalue weighted by molar-refractivity contribution is -0.115. The maximum absolute atomic E-state index is 12.3. The van der Waals surface area contributed by atoms with Gasteiger partial charge in [0.25, 0.3) is 5.91 Å². The van der Waals surface area contributed by atoms with Crippen molar-refractivity contribution in [1.82, 2.24) is 10.2 Å². The number of likely N-dealkylation sites (tertiary alicyclic amines) is 1. The van der Waals surface area contributed by atoms with Gasteiger partial charge in [0.1, 0.15) is 0 Å². The Morgan fingerprint density at radius 1 is 1.17 bits per heavy atom. The molecule has 3 heteroatoms. The van der Waals surface area contributed by atoms with Gasteiger partial charge in [-0.15, -0.1) is 0 Å². The molecule has 1 aliphatic heterocycles. The standard InChI is InChI=1S/C21H28N2O.H2/c1-22-20(24)18-15-21(19-10-6-5-9-17(18)19)11-13-23(14-12-21)16-7-3-2-4-8-16;/h5-6,9-10,15-16H,2-4,7-8,11-14H2,1H3,(H,22,24);1H. The molecule has 0 unspecified atom stereocenters. The van der Waals surface area contributed by atoms with E-state index >= 15 is 0 Å². The Hall–Kier alpha value is -1.61. The molecule has 1 saturated heterocycles. The van der Waals surface area contributed by atoms with E-state index in [2.05, 4.69) is 34.5 Å². The van der Waals surface area contributed by atoms with Crippen LogP contribution in [0, 0.1) is 0 Å². The maximum Gasteiger partial charge on any atom is 0.251 e. The van der Waals surface area contributed by atoms with Gasteiger partial charge in [-0.3, -0.25) is 4.79 Å². The second-order valence-corrected chi connectivity index (χ2v) is 7.67. The van der Waals surface area contributed by atoms with Gasteiger partial charge >= 0.3 is 0 Å². The SMILES string of the molecule is CNC(=O)C1=CC2(CCN(C3CCCCC3)CC2)c2ccccc21.[HH]. The van der Waals surface area contributed by atoms with E-state index in [0.29, 0.717) is 0 Å². The monoisotopic (exact) mass is 326 g/mol. The van der Waals surface area contributed by atoms with E-state index in [1.807, 2.05) is 6.07 Å². The van der Waals surface area contributed by atoms with Gasteiger partial charge in [-0.25, -0.2) is 0 Å². The molecule has 0 bridgehead atoms. The number of amides is 1. The van der Waals surface area contributed by atoms with Crippen LogP contribution >= 0.6 is 0 Å². The van der Waals surface area contributed by atoms with Crippen LogP contribution in [0.3, 0.4) is 0 Å². The number of nitrogens with one attached hydrogen (secondary N) is 1. The van der Waals surface area contributed by atoms with Crippen molar-refractivity contribution < 1.29 is 6.22 Å². The van der Waals surface area contributed by atoms with Gasteiger partial charge in [0.15, 0.2) is 0 Å². The van der Waals surface area contributed by atoms with Crippen molar-refractivity contribution in [2.75, 3.05) is 20.1 Å². The molecule has 0 atom stereocenters. The largest absolute Gasteiger partial charge is 0.355 e. The quantitative estimate of drug-likeness (QED) is 0.898. The van der Waals surface area contributed by atoms with Crippen LogP contribution in [-0.2, 0) is 10.2 Å². The van der Waals surface area contributed by atoms with Crippen molar-refractivity contribution in [3.63, 3.8) is 0 Å². The summed E-state index contributed by atoms with van der Waals surface area (Å²) in [6.07, 6.45) is 11.5. The smallest absolute Gasteiger partial charge is 0.251 e. The Morgan fingerprint density at radius 2 is 1.88 bits per heavy atom. The molecule has 0 aromatic heterocycles. The summed E-state index contributed by atoms with van der Waals surface area (Å²) in [5.41, 5.74) is 3.46. The molecule has 1 N–H and O–H groups in total. The van der Waals surface area contributed by atoms with Crippen LogP contribution in [0.25, 0.3) is 5.57 Å². The van der Waals surface area contributed by atoms with Crippen molar-refractivity contribution in [2.45, 2.75) is 56.4 Å². The minimum atomic E-state index is 0. The zero-order chi connectivity index (χ0) is 16.6. The Morgan fingerprint density at radius 3 is 2.58 bits per heavy atom. The predicted octanol–water partition coefficient (Wildman–Crippen LogP) is 3.74. The van der Waals surface area contributed by atoms with Gasteiger partial charge < -0.3 is 10.2 Å². The molecule has 2 aliphatic carbocycles. The third-order valence-electron chi connectivity index (χ3n) is 6.43. The summed E-state index contributed by atoms with van der Waals surface area (Å²) in [6, 6.07) is 9.31. The molecule has 1 spiro atoms. The van der Waals surface area contributed by atoms with Gasteiger partial charge in [-0.1, -0.05) is 49.6 Å². The molecule has 1 saturated carbocycles. The lowest BCUT2D eigenvalue weighted by Gasteiger charge is -2.43. The van der Waals surface area contributed by atoms with Crippen LogP contribution in [0.2, 0.25) is 0 Å². The molecule has 4 rings (SSSR count). The van der Waals surface area contributed by atoms with Gasteiger partial charge in [0.2, 0.25) is 0 Å². The molecule has 130 valence electrons. The number of allylic oxidation sites excluding steroid dienone is 1. The van der Waals surface area contributed by atoms with E-state index in [0.717, 1.165) is 43.1 Å². The van der Waals surface area contributed by atoms with E-state index < -0.39 is 0 Å². The third-order valence-corrected chi connectivity index (χ3v) is 6.43. The van der Waals surface area contributed by atoms with Gasteiger partial charge in [0, 0.05) is 25.5 Å². The third kappa shape index (κ3) is 2.59. The van der Waals surface area contributed by atoms with Gasteiger partial charge in [-0.05, 0) is 49.9 Å². The molecule has 0 radical (unpaired) electrons. The fourth-order valence-corrected chi connectivity index (χ4v) is 5.05. The first kappa shape index (κ1) is 15.9. The lowest BCUT2D eigenvalue weighted by Crippen LogP contribution is -2.46. The Labute approximate surface area is 146 Å². The normalized spacial score (nSPS) is 23.8. The number of fused-ring (bicyclic) bond motifs is 2. The highest BCUT2D eigenvalue weighted by Gasteiger charge is 2.42. The summed E-state index contributed by atoms with van der Waals surface area (Å²) in [7, 11) is 1.72. The van der Waals surface area contributed by atoms with E-state index in [-0.39, 0.29) is 12.7 Å². The van der Waals surface area contributed by atoms with Crippen LogP contribution < -0.4 is 5.32 Å². The summed E-state index contributed by atoms with van der Waals surface area (Å²) in [5.74, 6) is 0.0500. The molecule has 1 heterocycles. The Bertz CT molecular complexity index is 656. The lowest BCUT2D eigenvalue weighted by atomic mass is 9.74. The first-order chi connectivity index (χ1) is 11.7. The average molecular weight is 326 g/mol. The minimum Gasteiger partial charge on any atom is -0.355 e. The van der Waals surface area contributed by atoms with Crippen LogP contribution in [-0.4, -0.2) is 37.0 Å². The molecule has 3 nitrogen and oxygen atoms in total. The summed E-state index contributed by atoms with van der Waals surface area (Å²) in [5, 5.41) is 2.81. The average Bonchev–Trinajstić information content (AvgIpc) is 2.97. The van der Waals surface area contributed by atoms with E-state index in [1.54, 1.807) is 7.05 Å². The van der Waals surface area contributed by atoms with Crippen molar-refractivity contribution in [3.8, 4) is 0 Å². The second-order valence-electron chi connectivity index (χ2n) is 7.67. The molecule has 3 aliphatic rings. The molecule has 2 fully saturated rings. The molecule has 1 aromatic rings. The second kappa shape index (κ2) is 6.36. The summed E-state index contributed by atoms with van der Waals surface area (Å²) in [4.78, 5) is 15.0. The highest BCUT2D eigenvalue weighted by atomic mass is 16.1. The van der Waals surface area contributed by atoms with E-state index in [4.69, 9.17) is 0 Å². The van der Waals surface area contributed by atoms with Gasteiger partial charge in [0.05, 0.1) is 0 Å². The summed E-state index contributed by atoms with van der Waals surface area (Å²) < 4.78 is 0. The van der Waals surface area contributed by atoms with Crippen LogP contribution in [0.4, 0.5) is 0 Å². The molecule has 1 amide bonds. The van der Waals surface area contributed by atoms with Crippen LogP contribution in [0.15, 0.2) is 30.3 Å². The van der Waals surface area contributed by atoms with E-state index in [9.17, 15) is 4.79 Å². The number of nitrogens with zero attached hydrogens (tertiary/aromatic N) is 1. The predicted molar refractivity (Wildman–Crippen MR) is 100.0 cm³/mol. The molecule has 1 aromatic carbocycles. The summed E-state index contributed by atoms with van der Waals surface area (Å²) in [6.45, 7) is 2.33. The highest BCUT2D eigenvalue weighted by Crippen LogP contribution is 2.47. The number of rotatable bonds is 2. The molecular weight excluding hydrogens is 296 g/mol. The molecular formula is C21H30N2O. The van der Waals surface area contributed by atoms with Crippen LogP contribution in [0.1, 0.15) is 57.5 Å². The van der Waals surface area contributed by atoms with E-state index in [1.165, 1.54) is 37.7 Å². The van der Waals surface area contributed by atoms with Crippen molar-refractivity contribution in [3.05, 3.63) is 41.5 Å². The Kier molecular flexibility index (Phi) is 4.21. The number of likely N-dealkylation sites (N-methyl/N-ethyl adjacent to an activating group) is 1. The minimum absolute atomic E-state index is 0. The maximum atomic E-state index is 12.3. The van der Waals surface area contributed by atoms with Crippen LogP contribution in [0.5, 0.6) is 0 Å². The first-order valence-electron chi connectivity index (χ1n) is 9.52. The number of piperidine rings is 1. The topological polar surface area (TPSA) is 32.3 Å². The summed E-state index contributed by atoms with van der Waals surface area (Å²) >= 11 is 0. The molecule has 24 heavy (non-hydrogen) atoms. The van der Waals surface area contributed by atoms with Crippen molar-refractivity contribution >= 4 is 11.5 Å². The van der Waals surface area contributed by atoms with Crippen molar-refractivity contribution in [2.24, 2.45) is 0 Å². The first-order valence-corrected chi connectivity index (χ1v) is 9.52. The fraction of sp³-hybridized carbons (Fsp3) is 0.571.